The minimum absolute atomic E-state index is 0.0876. The van der Waals surface area contributed by atoms with Crippen molar-refractivity contribution in [2.45, 2.75) is 80.0 Å². The second-order valence-electron chi connectivity index (χ2n) is 12.6. The van der Waals surface area contributed by atoms with Crippen LogP contribution in [0.4, 0.5) is 4.79 Å². The summed E-state index contributed by atoms with van der Waals surface area (Å²) in [6.07, 6.45) is 0.593. The number of carbonyl (C=O) groups is 1. The maximum atomic E-state index is 14.1. The molecule has 0 aliphatic carbocycles. The van der Waals surface area contributed by atoms with Crippen molar-refractivity contribution in [3.63, 3.8) is 0 Å². The summed E-state index contributed by atoms with van der Waals surface area (Å²) in [5.74, 6) is 0.209. The number of alkyl carbamates (subject to hydrolysis) is 1. The van der Waals surface area contributed by atoms with Crippen LogP contribution in [0.2, 0.25) is 0 Å². The molecule has 0 saturated heterocycles. The Balaban J connectivity index is 1.75. The summed E-state index contributed by atoms with van der Waals surface area (Å²) in [7, 11) is 0. The topological polar surface area (TPSA) is 98.4 Å². The largest absolute Gasteiger partial charge is 0.493 e. The fourth-order valence-corrected chi connectivity index (χ4v) is 5.67. The maximum absolute atomic E-state index is 14.1. The fraction of sp³-hybridized carbons (Fsp3) is 0.382. The first-order chi connectivity index (χ1) is 19.8. The van der Waals surface area contributed by atoms with E-state index in [0.717, 1.165) is 39.1 Å². The Morgan fingerprint density at radius 2 is 1.74 bits per heavy atom. The number of amides is 1. The summed E-state index contributed by atoms with van der Waals surface area (Å²) in [5.41, 5.74) is 7.24. The number of hydrogen-bond acceptors (Lipinski definition) is 5. The summed E-state index contributed by atoms with van der Waals surface area (Å²) in [6, 6.07) is 16.1. The molecule has 0 saturated carbocycles. The first-order valence-corrected chi connectivity index (χ1v) is 14.5. The Morgan fingerprint density at radius 3 is 2.38 bits per heavy atom. The van der Waals surface area contributed by atoms with Gasteiger partial charge in [0.25, 0.3) is 0 Å². The van der Waals surface area contributed by atoms with Gasteiger partial charge in [-0.25, -0.2) is 14.2 Å². The molecule has 0 bridgehead atoms. The van der Waals surface area contributed by atoms with Crippen LogP contribution in [-0.2, 0) is 30.7 Å². The molecule has 0 fully saturated rings. The maximum Gasteiger partial charge on any atom is 0.407 e. The molecule has 2 N–H and O–H groups in total. The van der Waals surface area contributed by atoms with E-state index in [-0.39, 0.29) is 18.1 Å². The third kappa shape index (κ3) is 5.71. The zero-order valence-electron chi connectivity index (χ0n) is 25.5. The minimum Gasteiger partial charge on any atom is -0.493 e. The van der Waals surface area contributed by atoms with Crippen LogP contribution >= 0.6 is 0 Å². The van der Waals surface area contributed by atoms with Gasteiger partial charge >= 0.3 is 11.8 Å². The molecular weight excluding hydrogens is 528 g/mol. The first-order valence-electron chi connectivity index (χ1n) is 14.5. The third-order valence-electron chi connectivity index (χ3n) is 7.53. The number of nitrogens with zero attached hydrogens (tertiary/aromatic N) is 3. The molecule has 0 radical (unpaired) electrons. The molecule has 5 rings (SSSR count). The Hall–Kier alpha value is -4.33. The van der Waals surface area contributed by atoms with Crippen LogP contribution in [-0.4, -0.2) is 30.9 Å². The molecule has 42 heavy (non-hydrogen) atoms. The zero-order chi connectivity index (χ0) is 30.3. The molecule has 2 aromatic carbocycles. The van der Waals surface area contributed by atoms with E-state index in [1.165, 1.54) is 4.57 Å². The molecule has 3 heterocycles. The lowest BCUT2D eigenvalue weighted by atomic mass is 9.92. The van der Waals surface area contributed by atoms with Crippen molar-refractivity contribution in [1.29, 1.82) is 0 Å². The normalized spacial score (nSPS) is 12.7. The monoisotopic (exact) mass is 568 g/mol. The van der Waals surface area contributed by atoms with E-state index in [9.17, 15) is 14.7 Å². The van der Waals surface area contributed by atoms with Gasteiger partial charge < -0.3 is 15.2 Å². The van der Waals surface area contributed by atoms with Gasteiger partial charge in [-0.3, -0.25) is 9.55 Å². The highest BCUT2D eigenvalue weighted by atomic mass is 16.6. The molecule has 8 nitrogen and oxygen atoms in total. The van der Waals surface area contributed by atoms with Crippen molar-refractivity contribution >= 4 is 6.09 Å². The van der Waals surface area contributed by atoms with E-state index >= 15 is 0 Å². The number of imidazole rings is 1. The van der Waals surface area contributed by atoms with Crippen molar-refractivity contribution in [2.24, 2.45) is 5.92 Å². The predicted octanol–water partition coefficient (Wildman–Crippen LogP) is 6.20. The summed E-state index contributed by atoms with van der Waals surface area (Å²) in [5, 5.41) is 14.6. The summed E-state index contributed by atoms with van der Waals surface area (Å²) in [6.45, 7) is 14.1. The number of aryl methyl sites for hydroxylation is 2. The molecular formula is C34H40N4O4. The average Bonchev–Trinajstić information content (AvgIpc) is 3.14. The van der Waals surface area contributed by atoms with Crippen LogP contribution in [0.3, 0.4) is 0 Å². The lowest BCUT2D eigenvalue weighted by molar-refractivity contribution is 0.0523. The van der Waals surface area contributed by atoms with Crippen molar-refractivity contribution in [2.75, 3.05) is 0 Å². The summed E-state index contributed by atoms with van der Waals surface area (Å²) in [4.78, 5) is 31.9. The van der Waals surface area contributed by atoms with Crippen LogP contribution < -0.4 is 11.0 Å². The van der Waals surface area contributed by atoms with Gasteiger partial charge in [0.2, 0.25) is 5.88 Å². The van der Waals surface area contributed by atoms with Crippen LogP contribution in [0, 0.1) is 19.8 Å². The van der Waals surface area contributed by atoms with E-state index in [4.69, 9.17) is 9.72 Å². The Bertz CT molecular complexity index is 1710. The predicted molar refractivity (Wildman–Crippen MR) is 164 cm³/mol. The summed E-state index contributed by atoms with van der Waals surface area (Å²) < 4.78 is 8.58. The van der Waals surface area contributed by atoms with Crippen LogP contribution in [0.5, 0.6) is 5.88 Å². The molecule has 4 aromatic rings. The molecule has 8 heteroatoms. The number of hydrogen-bond donors (Lipinski definition) is 2. The van der Waals surface area contributed by atoms with Gasteiger partial charge in [-0.05, 0) is 63.6 Å². The van der Waals surface area contributed by atoms with Crippen molar-refractivity contribution in [3.05, 3.63) is 98.4 Å². The quantitative estimate of drug-likeness (QED) is 0.254. The van der Waals surface area contributed by atoms with Gasteiger partial charge in [0.15, 0.2) is 0 Å². The SMILES string of the molecule is Cc1ccc(-c2c(CNC(=O)OC(C)(C)C)c(CC(C)C)nc(C)c2-n2c(O)c3n(c2=O)Cc2ccccc2C3)cc1. The number of carbonyl (C=O) groups excluding carboxylic acids is 1. The van der Waals surface area contributed by atoms with Gasteiger partial charge in [0, 0.05) is 29.8 Å². The molecule has 0 spiro atoms. The van der Waals surface area contributed by atoms with E-state index in [2.05, 4.69) is 19.2 Å². The lowest BCUT2D eigenvalue weighted by Crippen LogP contribution is -2.33. The molecule has 2 aromatic heterocycles. The van der Waals surface area contributed by atoms with Crippen LogP contribution in [0.15, 0.2) is 53.3 Å². The van der Waals surface area contributed by atoms with Gasteiger partial charge in [-0.15, -0.1) is 0 Å². The van der Waals surface area contributed by atoms with Crippen molar-refractivity contribution in [3.8, 4) is 22.7 Å². The second-order valence-corrected chi connectivity index (χ2v) is 12.6. The fourth-order valence-electron chi connectivity index (χ4n) is 5.67. The van der Waals surface area contributed by atoms with Crippen LogP contribution in [0.1, 0.15) is 74.0 Å². The molecule has 220 valence electrons. The number of fused-ring (bicyclic) bond motifs is 2. The van der Waals surface area contributed by atoms with Crippen molar-refractivity contribution < 1.29 is 14.6 Å². The Morgan fingerprint density at radius 1 is 1.07 bits per heavy atom. The van der Waals surface area contributed by atoms with Gasteiger partial charge in [-0.1, -0.05) is 67.9 Å². The molecule has 1 aliphatic heterocycles. The lowest BCUT2D eigenvalue weighted by Gasteiger charge is -2.24. The molecule has 1 amide bonds. The third-order valence-corrected chi connectivity index (χ3v) is 7.53. The Labute approximate surface area is 247 Å². The highest BCUT2D eigenvalue weighted by Gasteiger charge is 2.30. The van der Waals surface area contributed by atoms with Crippen molar-refractivity contribution in [1.82, 2.24) is 19.4 Å². The highest BCUT2D eigenvalue weighted by Crippen LogP contribution is 2.38. The van der Waals surface area contributed by atoms with Gasteiger partial charge in [-0.2, -0.15) is 0 Å². The highest BCUT2D eigenvalue weighted by molar-refractivity contribution is 5.80. The van der Waals surface area contributed by atoms with Gasteiger partial charge in [0.05, 0.1) is 23.6 Å². The Kier molecular flexibility index (Phi) is 7.75. The summed E-state index contributed by atoms with van der Waals surface area (Å²) >= 11 is 0. The molecule has 1 aliphatic rings. The number of pyridine rings is 1. The molecule has 0 unspecified atom stereocenters. The van der Waals surface area contributed by atoms with Gasteiger partial charge in [0.1, 0.15) is 5.60 Å². The number of benzene rings is 2. The zero-order valence-corrected chi connectivity index (χ0v) is 25.5. The smallest absolute Gasteiger partial charge is 0.407 e. The number of rotatable bonds is 6. The van der Waals surface area contributed by atoms with Crippen LogP contribution in [0.25, 0.3) is 16.8 Å². The van der Waals surface area contributed by atoms with E-state index in [1.54, 1.807) is 4.57 Å². The average molecular weight is 569 g/mol. The van der Waals surface area contributed by atoms with E-state index in [1.807, 2.05) is 83.1 Å². The number of aromatic hydroxyl groups is 1. The number of nitrogens with one attached hydrogen (secondary N) is 1. The number of ether oxygens (including phenoxy) is 1. The van der Waals surface area contributed by atoms with E-state index in [0.29, 0.717) is 42.4 Å². The first kappa shape index (κ1) is 29.2. The van der Waals surface area contributed by atoms with E-state index < -0.39 is 11.7 Å². The second kappa shape index (κ2) is 11.2. The minimum atomic E-state index is -0.649. The molecule has 0 atom stereocenters. The number of aromatic nitrogens is 3. The standard InChI is InChI=1S/C34H40N4O4/c1-20(2)16-27-26(18-35-32(40)42-34(5,6)7)29(23-14-12-21(3)13-15-23)30(22(4)36-27)38-31(39)28-17-24-10-8-9-11-25(24)19-37(28)33(38)41/h8-15,20,39H,16-19H2,1-7H3,(H,35,40).